The Hall–Kier alpha value is -4.86. The molecule has 10 nitrogen and oxygen atoms in total. The number of nitro benzene ring substituents is 1. The molecule has 39 heavy (non-hydrogen) atoms. The van der Waals surface area contributed by atoms with Crippen LogP contribution in [0, 0.1) is 17.0 Å². The first kappa shape index (κ1) is 24.5. The highest BCUT2D eigenvalue weighted by atomic mass is 16.6. The summed E-state index contributed by atoms with van der Waals surface area (Å²) in [6, 6.07) is 22.7. The molecule has 2 aromatic heterocycles. The molecule has 1 saturated heterocycles. The molecule has 0 unspecified atom stereocenters. The third kappa shape index (κ3) is 4.65. The molecule has 1 aliphatic rings. The summed E-state index contributed by atoms with van der Waals surface area (Å²) in [4.78, 5) is 33.3. The lowest BCUT2D eigenvalue weighted by molar-refractivity contribution is -0.385. The topological polar surface area (TPSA) is 110 Å². The maximum absolute atomic E-state index is 13.3. The number of fused-ring (bicyclic) bond motifs is 3. The Morgan fingerprint density at radius 3 is 2.56 bits per heavy atom. The number of amides is 1. The van der Waals surface area contributed by atoms with Crippen molar-refractivity contribution in [2.45, 2.75) is 19.8 Å². The average molecular weight is 522 g/mol. The van der Waals surface area contributed by atoms with Crippen LogP contribution in [0.25, 0.3) is 16.6 Å². The largest absolute Gasteiger partial charge is 0.340 e. The number of hydrogen-bond acceptors (Lipinski definition) is 7. The maximum atomic E-state index is 13.3. The summed E-state index contributed by atoms with van der Waals surface area (Å²) < 4.78 is 2.04. The summed E-state index contributed by atoms with van der Waals surface area (Å²) in [6.07, 6.45) is 1.34. The van der Waals surface area contributed by atoms with Crippen LogP contribution in [0.1, 0.15) is 33.7 Å². The van der Waals surface area contributed by atoms with Crippen LogP contribution in [0.5, 0.6) is 0 Å². The number of para-hydroxylation sites is 1. The zero-order chi connectivity index (χ0) is 26.9. The molecule has 0 radical (unpaired) electrons. The SMILES string of the molecule is Cc1ccc(C(=O)N2CCCN(c3nc4ccccc4c4nnc(Cc5ccccc5)n34)CC2)cc1[N+](=O)[O-]. The molecule has 10 heteroatoms. The van der Waals surface area contributed by atoms with Crippen molar-refractivity contribution < 1.29 is 9.72 Å². The molecule has 196 valence electrons. The number of carbonyl (C=O) groups excluding carboxylic acids is 1. The first-order valence-electron chi connectivity index (χ1n) is 13.0. The van der Waals surface area contributed by atoms with Crippen LogP contribution in [0.3, 0.4) is 0 Å². The van der Waals surface area contributed by atoms with Gasteiger partial charge < -0.3 is 9.80 Å². The van der Waals surface area contributed by atoms with Crippen LogP contribution in [-0.2, 0) is 6.42 Å². The van der Waals surface area contributed by atoms with Gasteiger partial charge in [0.15, 0.2) is 5.65 Å². The van der Waals surface area contributed by atoms with Gasteiger partial charge in [-0.2, -0.15) is 0 Å². The number of aromatic nitrogens is 4. The van der Waals surface area contributed by atoms with E-state index in [1.807, 2.05) is 46.9 Å². The highest BCUT2D eigenvalue weighted by Crippen LogP contribution is 2.26. The summed E-state index contributed by atoms with van der Waals surface area (Å²) in [5.74, 6) is 1.35. The third-order valence-electron chi connectivity index (χ3n) is 7.22. The first-order chi connectivity index (χ1) is 19.0. The zero-order valence-electron chi connectivity index (χ0n) is 21.5. The minimum Gasteiger partial charge on any atom is -0.340 e. The van der Waals surface area contributed by atoms with Crippen LogP contribution >= 0.6 is 0 Å². The third-order valence-corrected chi connectivity index (χ3v) is 7.22. The fourth-order valence-electron chi connectivity index (χ4n) is 5.17. The molecule has 0 saturated carbocycles. The van der Waals surface area contributed by atoms with E-state index in [9.17, 15) is 14.9 Å². The van der Waals surface area contributed by atoms with Gasteiger partial charge in [0, 0.05) is 55.2 Å². The second-order valence-electron chi connectivity index (χ2n) is 9.76. The molecule has 0 atom stereocenters. The fourth-order valence-corrected chi connectivity index (χ4v) is 5.17. The molecular formula is C29H27N7O3. The van der Waals surface area contributed by atoms with Gasteiger partial charge in [-0.15, -0.1) is 10.2 Å². The van der Waals surface area contributed by atoms with E-state index in [1.165, 1.54) is 6.07 Å². The van der Waals surface area contributed by atoms with E-state index in [-0.39, 0.29) is 11.6 Å². The standard InChI is InChI=1S/C29H27N7O3/c1-20-12-13-22(19-25(20)36(38)39)28(37)33-14-7-15-34(17-16-33)29-30-24-11-6-5-10-23(24)27-32-31-26(35(27)29)18-21-8-3-2-4-9-21/h2-6,8-13,19H,7,14-18H2,1H3. The van der Waals surface area contributed by atoms with Crippen molar-refractivity contribution in [2.24, 2.45) is 0 Å². The lowest BCUT2D eigenvalue weighted by atomic mass is 10.1. The fraction of sp³-hybridized carbons (Fsp3) is 0.241. The molecule has 1 aliphatic heterocycles. The number of carbonyl (C=O) groups is 1. The number of anilines is 1. The lowest BCUT2D eigenvalue weighted by Gasteiger charge is -2.24. The Balaban J connectivity index is 1.33. The predicted octanol–water partition coefficient (Wildman–Crippen LogP) is 4.44. The highest BCUT2D eigenvalue weighted by Gasteiger charge is 2.26. The van der Waals surface area contributed by atoms with Gasteiger partial charge in [-0.05, 0) is 37.1 Å². The maximum Gasteiger partial charge on any atom is 0.273 e. The summed E-state index contributed by atoms with van der Waals surface area (Å²) in [7, 11) is 0. The van der Waals surface area contributed by atoms with Gasteiger partial charge in [-0.3, -0.25) is 14.9 Å². The molecule has 1 fully saturated rings. The number of benzene rings is 3. The van der Waals surface area contributed by atoms with Crippen molar-refractivity contribution in [1.29, 1.82) is 0 Å². The van der Waals surface area contributed by atoms with Crippen LogP contribution < -0.4 is 4.90 Å². The Morgan fingerprint density at radius 2 is 1.74 bits per heavy atom. The smallest absolute Gasteiger partial charge is 0.273 e. The second kappa shape index (κ2) is 10.1. The Labute approximate surface area is 224 Å². The van der Waals surface area contributed by atoms with Gasteiger partial charge in [-0.1, -0.05) is 48.5 Å². The minimum atomic E-state index is -0.445. The predicted molar refractivity (Wildman–Crippen MR) is 148 cm³/mol. The van der Waals surface area contributed by atoms with E-state index in [1.54, 1.807) is 24.0 Å². The molecular weight excluding hydrogens is 494 g/mol. The normalized spacial score (nSPS) is 14.1. The van der Waals surface area contributed by atoms with Crippen LogP contribution in [0.4, 0.5) is 11.6 Å². The van der Waals surface area contributed by atoms with E-state index < -0.39 is 4.92 Å². The highest BCUT2D eigenvalue weighted by molar-refractivity contribution is 5.95. The van der Waals surface area contributed by atoms with Gasteiger partial charge in [-0.25, -0.2) is 9.38 Å². The van der Waals surface area contributed by atoms with Crippen molar-refractivity contribution in [1.82, 2.24) is 24.5 Å². The van der Waals surface area contributed by atoms with Crippen LogP contribution in [-0.4, -0.2) is 61.5 Å². The lowest BCUT2D eigenvalue weighted by Crippen LogP contribution is -2.36. The summed E-state index contributed by atoms with van der Waals surface area (Å²) in [6.45, 7) is 3.94. The molecule has 6 rings (SSSR count). The summed E-state index contributed by atoms with van der Waals surface area (Å²) in [5.41, 5.74) is 3.54. The molecule has 0 N–H and O–H groups in total. The van der Waals surface area contributed by atoms with Gasteiger partial charge in [0.05, 0.1) is 10.4 Å². The van der Waals surface area contributed by atoms with Gasteiger partial charge in [0.2, 0.25) is 5.95 Å². The quantitative estimate of drug-likeness (QED) is 0.248. The summed E-state index contributed by atoms with van der Waals surface area (Å²) >= 11 is 0. The Morgan fingerprint density at radius 1 is 0.949 bits per heavy atom. The van der Waals surface area contributed by atoms with Crippen LogP contribution in [0.2, 0.25) is 0 Å². The summed E-state index contributed by atoms with van der Waals surface area (Å²) in [5, 5.41) is 21.5. The van der Waals surface area contributed by atoms with Crippen molar-refractivity contribution in [3.05, 3.63) is 105 Å². The van der Waals surface area contributed by atoms with Gasteiger partial charge >= 0.3 is 0 Å². The van der Waals surface area contributed by atoms with Crippen molar-refractivity contribution in [3.63, 3.8) is 0 Å². The van der Waals surface area contributed by atoms with Crippen molar-refractivity contribution in [3.8, 4) is 0 Å². The Kier molecular flexibility index (Phi) is 6.36. The monoisotopic (exact) mass is 521 g/mol. The Bertz CT molecular complexity index is 1700. The first-order valence-corrected chi connectivity index (χ1v) is 13.0. The van der Waals surface area contributed by atoms with E-state index in [0.717, 1.165) is 40.3 Å². The van der Waals surface area contributed by atoms with E-state index >= 15 is 0 Å². The molecule has 0 spiro atoms. The molecule has 0 aliphatic carbocycles. The molecule has 1 amide bonds. The number of hydrogen-bond donors (Lipinski definition) is 0. The van der Waals surface area contributed by atoms with E-state index in [2.05, 4.69) is 27.2 Å². The van der Waals surface area contributed by atoms with E-state index in [0.29, 0.717) is 43.7 Å². The van der Waals surface area contributed by atoms with Crippen molar-refractivity contribution >= 4 is 34.1 Å². The van der Waals surface area contributed by atoms with Gasteiger partial charge in [0.1, 0.15) is 5.82 Å². The minimum absolute atomic E-state index is 0.0430. The van der Waals surface area contributed by atoms with Crippen molar-refractivity contribution in [2.75, 3.05) is 31.1 Å². The number of rotatable bonds is 5. The van der Waals surface area contributed by atoms with Crippen LogP contribution in [0.15, 0.2) is 72.8 Å². The van der Waals surface area contributed by atoms with E-state index in [4.69, 9.17) is 4.98 Å². The number of nitro groups is 1. The molecule has 5 aromatic rings. The van der Waals surface area contributed by atoms with Gasteiger partial charge in [0.25, 0.3) is 11.6 Å². The molecule has 3 aromatic carbocycles. The number of nitrogens with zero attached hydrogens (tertiary/aromatic N) is 7. The molecule has 0 bridgehead atoms. The average Bonchev–Trinajstić information content (AvgIpc) is 3.21. The zero-order valence-corrected chi connectivity index (χ0v) is 21.5. The number of aryl methyl sites for hydroxylation is 1. The molecule has 3 heterocycles. The second-order valence-corrected chi connectivity index (χ2v) is 9.76.